The quantitative estimate of drug-likeness (QED) is 0.682. The Hall–Kier alpha value is -2.30. The number of nitrogens with two attached hydrogens (primary N) is 1. The number of hydrogen-bond donors (Lipinski definition) is 2. The number of nitrogens with one attached hydrogen (secondary N) is 1. The Morgan fingerprint density at radius 2 is 2.04 bits per heavy atom. The number of rotatable bonds is 6. The fourth-order valence-corrected chi connectivity index (χ4v) is 4.43. The fraction of sp³-hybridized carbons (Fsp3) is 0.318. The molecule has 1 amide bonds. The second-order valence-electron chi connectivity index (χ2n) is 7.46. The van der Waals surface area contributed by atoms with E-state index in [4.69, 9.17) is 17.3 Å². The van der Waals surface area contributed by atoms with Gasteiger partial charge in [0.25, 0.3) is 0 Å². The smallest absolute Gasteiger partial charge is 0.234 e. The molecule has 1 fully saturated rings. The lowest BCUT2D eigenvalue weighted by molar-refractivity contribution is -0.122. The van der Waals surface area contributed by atoms with E-state index in [1.54, 1.807) is 0 Å². The Kier molecular flexibility index (Phi) is 5.19. The summed E-state index contributed by atoms with van der Waals surface area (Å²) in [5.74, 6) is 0.245. The van der Waals surface area contributed by atoms with Crippen LogP contribution in [-0.4, -0.2) is 34.9 Å². The van der Waals surface area contributed by atoms with Crippen molar-refractivity contribution in [3.63, 3.8) is 0 Å². The van der Waals surface area contributed by atoms with Crippen LogP contribution >= 0.6 is 11.6 Å². The number of carbonyl (C=O) groups excluding carboxylic acids is 1. The molecule has 1 aliphatic rings. The Morgan fingerprint density at radius 3 is 2.81 bits per heavy atom. The first-order chi connectivity index (χ1) is 13.1. The van der Waals surface area contributed by atoms with Crippen molar-refractivity contribution in [1.29, 1.82) is 0 Å². The summed E-state index contributed by atoms with van der Waals surface area (Å²) in [6.45, 7) is 1.73. The van der Waals surface area contributed by atoms with Gasteiger partial charge in [-0.05, 0) is 54.5 Å². The molecule has 2 heterocycles. The molecule has 3 aromatic rings. The van der Waals surface area contributed by atoms with Gasteiger partial charge in [-0.15, -0.1) is 0 Å². The molecule has 4 nitrogen and oxygen atoms in total. The molecular formula is C22H24ClN3O. The first kappa shape index (κ1) is 18.1. The zero-order chi connectivity index (χ0) is 18.8. The van der Waals surface area contributed by atoms with E-state index < -0.39 is 0 Å². The lowest BCUT2D eigenvalue weighted by Crippen LogP contribution is -2.41. The van der Waals surface area contributed by atoms with E-state index in [0.29, 0.717) is 5.92 Å². The van der Waals surface area contributed by atoms with E-state index in [2.05, 4.69) is 34.1 Å². The largest absolute Gasteiger partial charge is 0.368 e. The molecular weight excluding hydrogens is 358 g/mol. The summed E-state index contributed by atoms with van der Waals surface area (Å²) < 4.78 is 0. The van der Waals surface area contributed by atoms with Crippen molar-refractivity contribution >= 4 is 28.4 Å². The average Bonchev–Trinajstić information content (AvgIpc) is 3.24. The van der Waals surface area contributed by atoms with E-state index in [9.17, 15) is 4.79 Å². The number of carbonyl (C=O) groups is 1. The van der Waals surface area contributed by atoms with Crippen LogP contribution in [0.1, 0.15) is 17.5 Å². The number of benzene rings is 2. The Morgan fingerprint density at radius 1 is 1.22 bits per heavy atom. The molecule has 4 rings (SSSR count). The van der Waals surface area contributed by atoms with Crippen LogP contribution < -0.4 is 5.73 Å². The van der Waals surface area contributed by atoms with Crippen molar-refractivity contribution in [2.24, 2.45) is 11.7 Å². The maximum Gasteiger partial charge on any atom is 0.234 e. The summed E-state index contributed by atoms with van der Waals surface area (Å²) in [7, 11) is 0. The van der Waals surface area contributed by atoms with Gasteiger partial charge in [-0.3, -0.25) is 9.69 Å². The highest BCUT2D eigenvalue weighted by Gasteiger charge is 2.35. The molecule has 1 saturated heterocycles. The number of nitrogens with zero attached hydrogens (tertiary/aromatic N) is 1. The molecule has 2 atom stereocenters. The van der Waals surface area contributed by atoms with Gasteiger partial charge < -0.3 is 10.7 Å². The van der Waals surface area contributed by atoms with E-state index in [1.807, 2.05) is 30.5 Å². The third kappa shape index (κ3) is 4.02. The number of amides is 1. The Labute approximate surface area is 164 Å². The van der Waals surface area contributed by atoms with Crippen molar-refractivity contribution in [2.45, 2.75) is 25.3 Å². The summed E-state index contributed by atoms with van der Waals surface area (Å²) in [5.41, 5.74) is 9.33. The van der Waals surface area contributed by atoms with Crippen molar-refractivity contribution in [1.82, 2.24) is 9.88 Å². The third-order valence-electron chi connectivity index (χ3n) is 5.58. The molecule has 3 N–H and O–H groups in total. The van der Waals surface area contributed by atoms with Crippen LogP contribution in [0.25, 0.3) is 10.9 Å². The summed E-state index contributed by atoms with van der Waals surface area (Å²) in [6.07, 6.45) is 4.73. The number of hydrogen-bond acceptors (Lipinski definition) is 2. The maximum atomic E-state index is 12.0. The van der Waals surface area contributed by atoms with Gasteiger partial charge in [0.05, 0.1) is 6.04 Å². The minimum atomic E-state index is -0.215. The van der Waals surface area contributed by atoms with Gasteiger partial charge in [0.1, 0.15) is 0 Å². The molecule has 0 spiro atoms. The molecule has 140 valence electrons. The Bertz CT molecular complexity index is 937. The highest BCUT2D eigenvalue weighted by atomic mass is 35.5. The number of primary amides is 1. The molecule has 2 unspecified atom stereocenters. The van der Waals surface area contributed by atoms with Crippen molar-refractivity contribution in [3.05, 3.63) is 70.9 Å². The van der Waals surface area contributed by atoms with E-state index in [1.165, 1.54) is 11.1 Å². The normalized spacial score (nSPS) is 20.3. The second kappa shape index (κ2) is 7.75. The van der Waals surface area contributed by atoms with Crippen LogP contribution in [0, 0.1) is 5.92 Å². The molecule has 1 aliphatic heterocycles. The molecule has 0 saturated carbocycles. The predicted molar refractivity (Wildman–Crippen MR) is 110 cm³/mol. The summed E-state index contributed by atoms with van der Waals surface area (Å²) in [4.78, 5) is 17.5. The molecule has 1 aromatic heterocycles. The molecule has 2 aromatic carbocycles. The first-order valence-electron chi connectivity index (χ1n) is 9.43. The molecule has 5 heteroatoms. The highest BCUT2D eigenvalue weighted by molar-refractivity contribution is 6.31. The summed E-state index contributed by atoms with van der Waals surface area (Å²) >= 11 is 6.15. The topological polar surface area (TPSA) is 62.1 Å². The van der Waals surface area contributed by atoms with Gasteiger partial charge >= 0.3 is 0 Å². The summed E-state index contributed by atoms with van der Waals surface area (Å²) in [5, 5.41) is 1.89. The van der Waals surface area contributed by atoms with Crippen molar-refractivity contribution in [2.75, 3.05) is 13.1 Å². The van der Waals surface area contributed by atoms with E-state index >= 15 is 0 Å². The molecule has 27 heavy (non-hydrogen) atoms. The zero-order valence-corrected chi connectivity index (χ0v) is 16.0. The minimum absolute atomic E-state index is 0.174. The van der Waals surface area contributed by atoms with Crippen LogP contribution in [0.2, 0.25) is 5.02 Å². The third-order valence-corrected chi connectivity index (χ3v) is 5.82. The monoisotopic (exact) mass is 381 g/mol. The first-order valence-corrected chi connectivity index (χ1v) is 9.81. The van der Waals surface area contributed by atoms with Crippen LogP contribution in [0.3, 0.4) is 0 Å². The number of H-pyrrole nitrogens is 1. The second-order valence-corrected chi connectivity index (χ2v) is 7.89. The van der Waals surface area contributed by atoms with Gasteiger partial charge in [0, 0.05) is 35.2 Å². The van der Waals surface area contributed by atoms with Gasteiger partial charge in [-0.25, -0.2) is 0 Å². The van der Waals surface area contributed by atoms with E-state index in [0.717, 1.165) is 48.3 Å². The molecule has 0 aliphatic carbocycles. The SMILES string of the molecule is NC(=O)C1CC(Cc2ccccc2)CN1CCc1c[nH]c2ccc(Cl)cc12. The lowest BCUT2D eigenvalue weighted by Gasteiger charge is -2.21. The van der Waals surface area contributed by atoms with Crippen molar-refractivity contribution < 1.29 is 4.79 Å². The van der Waals surface area contributed by atoms with Gasteiger partial charge in [-0.2, -0.15) is 0 Å². The fourth-order valence-electron chi connectivity index (χ4n) is 4.26. The number of likely N-dealkylation sites (tertiary alicyclic amines) is 1. The highest BCUT2D eigenvalue weighted by Crippen LogP contribution is 2.28. The Balaban J connectivity index is 1.44. The van der Waals surface area contributed by atoms with Gasteiger partial charge in [0.2, 0.25) is 5.91 Å². The van der Waals surface area contributed by atoms with Gasteiger partial charge in [0.15, 0.2) is 0 Å². The zero-order valence-electron chi connectivity index (χ0n) is 15.2. The number of aromatic amines is 1. The molecule has 0 radical (unpaired) electrons. The van der Waals surface area contributed by atoms with E-state index in [-0.39, 0.29) is 11.9 Å². The van der Waals surface area contributed by atoms with Crippen LogP contribution in [0.5, 0.6) is 0 Å². The predicted octanol–water partition coefficient (Wildman–Crippen LogP) is 3.78. The number of aromatic nitrogens is 1. The number of fused-ring (bicyclic) bond motifs is 1. The summed E-state index contributed by atoms with van der Waals surface area (Å²) in [6, 6.07) is 16.2. The van der Waals surface area contributed by atoms with Crippen LogP contribution in [-0.2, 0) is 17.6 Å². The maximum absolute atomic E-state index is 12.0. The molecule has 0 bridgehead atoms. The van der Waals surface area contributed by atoms with Crippen LogP contribution in [0.4, 0.5) is 0 Å². The standard InChI is InChI=1S/C22H24ClN3O/c23-18-6-7-20-19(12-18)17(13-25-20)8-9-26-14-16(11-21(26)22(24)27)10-15-4-2-1-3-5-15/h1-7,12-13,16,21,25H,8-11,14H2,(H2,24,27). The van der Waals surface area contributed by atoms with Crippen molar-refractivity contribution in [3.8, 4) is 0 Å². The number of halogens is 1. The lowest BCUT2D eigenvalue weighted by atomic mass is 9.97. The average molecular weight is 382 g/mol. The van der Waals surface area contributed by atoms with Gasteiger partial charge in [-0.1, -0.05) is 41.9 Å². The van der Waals surface area contributed by atoms with Crippen LogP contribution in [0.15, 0.2) is 54.7 Å². The minimum Gasteiger partial charge on any atom is -0.368 e.